The number of hydrogen-bond donors (Lipinski definition) is 1. The maximum Gasteiger partial charge on any atom is 0.253 e. The van der Waals surface area contributed by atoms with E-state index in [2.05, 4.69) is 47.7 Å². The minimum atomic E-state index is 0.00983. The van der Waals surface area contributed by atoms with E-state index in [-0.39, 0.29) is 5.91 Å². The predicted octanol–water partition coefficient (Wildman–Crippen LogP) is 3.71. The lowest BCUT2D eigenvalue weighted by atomic mass is 10.1. The van der Waals surface area contributed by atoms with E-state index in [1.807, 2.05) is 31.3 Å². The molecular weight excluding hydrogens is 368 g/mol. The summed E-state index contributed by atoms with van der Waals surface area (Å²) in [6, 6.07) is 16.3. The van der Waals surface area contributed by atoms with Crippen molar-refractivity contribution >= 4 is 23.6 Å². The predicted molar refractivity (Wildman–Crippen MR) is 119 cm³/mol. The van der Waals surface area contributed by atoms with Crippen molar-refractivity contribution in [2.24, 2.45) is 4.99 Å². The van der Waals surface area contributed by atoms with Gasteiger partial charge in [-0.15, -0.1) is 11.8 Å². The highest BCUT2D eigenvalue weighted by Gasteiger charge is 2.09. The molecule has 2 rings (SSSR count). The lowest BCUT2D eigenvalue weighted by Gasteiger charge is -2.22. The fourth-order valence-electron chi connectivity index (χ4n) is 2.73. The number of thioether (sulfide) groups is 1. The molecule has 5 nitrogen and oxygen atoms in total. The highest BCUT2D eigenvalue weighted by Crippen LogP contribution is 2.15. The summed E-state index contributed by atoms with van der Waals surface area (Å²) in [5.41, 5.74) is 3.01. The molecule has 150 valence electrons. The van der Waals surface area contributed by atoms with Crippen molar-refractivity contribution < 1.29 is 4.79 Å². The molecule has 2 aromatic rings. The molecule has 28 heavy (non-hydrogen) atoms. The minimum absolute atomic E-state index is 0.00983. The molecule has 0 aliphatic rings. The zero-order valence-electron chi connectivity index (χ0n) is 17.4. The van der Waals surface area contributed by atoms with Crippen LogP contribution in [0.25, 0.3) is 0 Å². The van der Waals surface area contributed by atoms with E-state index in [1.54, 1.807) is 30.8 Å². The second kappa shape index (κ2) is 10.8. The minimum Gasteiger partial charge on any atom is -0.357 e. The van der Waals surface area contributed by atoms with Gasteiger partial charge >= 0.3 is 0 Å². The number of nitrogens with zero attached hydrogens (tertiary/aromatic N) is 3. The van der Waals surface area contributed by atoms with Crippen LogP contribution in [0, 0.1) is 0 Å². The third-order valence-corrected chi connectivity index (χ3v) is 5.04. The molecule has 0 spiro atoms. The second-order valence-corrected chi connectivity index (χ2v) is 7.65. The number of amides is 1. The van der Waals surface area contributed by atoms with Gasteiger partial charge in [0.2, 0.25) is 0 Å². The molecule has 0 aliphatic heterocycles. The molecule has 2 aromatic carbocycles. The second-order valence-electron chi connectivity index (χ2n) is 6.77. The largest absolute Gasteiger partial charge is 0.357 e. The average Bonchev–Trinajstić information content (AvgIpc) is 2.71. The normalized spacial score (nSPS) is 11.2. The maximum absolute atomic E-state index is 12.0. The summed E-state index contributed by atoms with van der Waals surface area (Å²) in [7, 11) is 5.56. The molecule has 0 radical (unpaired) electrons. The Hall–Kier alpha value is -2.47. The summed E-state index contributed by atoms with van der Waals surface area (Å²) >= 11 is 1.75. The van der Waals surface area contributed by atoms with E-state index in [1.165, 1.54) is 10.5 Å². The van der Waals surface area contributed by atoms with Crippen molar-refractivity contribution in [1.82, 2.24) is 15.1 Å². The Balaban J connectivity index is 2.04. The van der Waals surface area contributed by atoms with E-state index >= 15 is 0 Å². The van der Waals surface area contributed by atoms with Crippen molar-refractivity contribution in [2.45, 2.75) is 24.9 Å². The fourth-order valence-corrected chi connectivity index (χ4v) is 3.13. The first kappa shape index (κ1) is 21.8. The lowest BCUT2D eigenvalue weighted by molar-refractivity contribution is 0.0827. The van der Waals surface area contributed by atoms with Crippen LogP contribution in [0.4, 0.5) is 0 Å². The Morgan fingerprint density at radius 1 is 1.00 bits per heavy atom. The first-order chi connectivity index (χ1) is 13.4. The van der Waals surface area contributed by atoms with Gasteiger partial charge in [0, 0.05) is 44.7 Å². The molecule has 1 N–H and O–H groups in total. The quantitative estimate of drug-likeness (QED) is 0.439. The fraction of sp³-hybridized carbons (Fsp3) is 0.364. The lowest BCUT2D eigenvalue weighted by Crippen LogP contribution is -2.38. The third-order valence-electron chi connectivity index (χ3n) is 4.29. The van der Waals surface area contributed by atoms with Gasteiger partial charge in [0.15, 0.2) is 5.96 Å². The number of guanidine groups is 1. The summed E-state index contributed by atoms with van der Waals surface area (Å²) in [6.07, 6.45) is 2.08. The van der Waals surface area contributed by atoms with Gasteiger partial charge in [0.25, 0.3) is 5.91 Å². The Morgan fingerprint density at radius 3 is 2.14 bits per heavy atom. The van der Waals surface area contributed by atoms with Crippen molar-refractivity contribution in [2.75, 3.05) is 33.9 Å². The highest BCUT2D eigenvalue weighted by molar-refractivity contribution is 7.98. The smallest absolute Gasteiger partial charge is 0.253 e. The number of hydrogen-bond acceptors (Lipinski definition) is 3. The molecule has 0 bridgehead atoms. The van der Waals surface area contributed by atoms with E-state index in [9.17, 15) is 4.79 Å². The molecule has 0 aromatic heterocycles. The number of carbonyl (C=O) groups is 1. The van der Waals surface area contributed by atoms with Crippen LogP contribution in [0.2, 0.25) is 0 Å². The van der Waals surface area contributed by atoms with Gasteiger partial charge in [-0.1, -0.05) is 24.3 Å². The molecule has 0 atom stereocenters. The summed E-state index contributed by atoms with van der Waals surface area (Å²) in [5, 5.41) is 3.35. The van der Waals surface area contributed by atoms with Crippen molar-refractivity contribution in [3.63, 3.8) is 0 Å². The van der Waals surface area contributed by atoms with Gasteiger partial charge in [0.1, 0.15) is 0 Å². The monoisotopic (exact) mass is 398 g/mol. The van der Waals surface area contributed by atoms with Gasteiger partial charge in [-0.3, -0.25) is 4.79 Å². The summed E-state index contributed by atoms with van der Waals surface area (Å²) in [4.78, 5) is 21.7. The number of carbonyl (C=O) groups excluding carboxylic acids is 1. The van der Waals surface area contributed by atoms with Gasteiger partial charge in [-0.25, -0.2) is 4.99 Å². The molecule has 1 amide bonds. The Bertz CT molecular complexity index is 785. The van der Waals surface area contributed by atoms with Crippen LogP contribution in [0.5, 0.6) is 0 Å². The summed E-state index contributed by atoms with van der Waals surface area (Å²) < 4.78 is 0. The molecule has 0 aliphatic carbocycles. The molecule has 0 heterocycles. The van der Waals surface area contributed by atoms with Crippen molar-refractivity contribution in [3.8, 4) is 0 Å². The standard InChI is InChI=1S/C22H30N4OS/c1-6-23-22(26(4)16-18-9-13-20(28-5)14-10-18)24-15-17-7-11-19(12-8-17)21(27)25(2)3/h7-14H,6,15-16H2,1-5H3,(H,23,24). The first-order valence-electron chi connectivity index (χ1n) is 9.37. The molecule has 0 saturated heterocycles. The van der Waals surface area contributed by atoms with Gasteiger partial charge in [-0.05, 0) is 48.6 Å². The molecule has 0 unspecified atom stereocenters. The van der Waals surface area contributed by atoms with E-state index in [4.69, 9.17) is 4.99 Å². The molecular formula is C22H30N4OS. The third kappa shape index (κ3) is 6.30. The van der Waals surface area contributed by atoms with Crippen LogP contribution in [-0.4, -0.2) is 55.6 Å². The van der Waals surface area contributed by atoms with Gasteiger partial charge < -0.3 is 15.1 Å². The van der Waals surface area contributed by atoms with Crippen LogP contribution >= 0.6 is 11.8 Å². The molecule has 0 fully saturated rings. The number of benzene rings is 2. The van der Waals surface area contributed by atoms with Crippen LogP contribution < -0.4 is 5.32 Å². The average molecular weight is 399 g/mol. The SMILES string of the molecule is CCNC(=NCc1ccc(C(=O)N(C)C)cc1)N(C)Cc1ccc(SC)cc1. The van der Waals surface area contributed by atoms with Crippen LogP contribution in [0.3, 0.4) is 0 Å². The zero-order chi connectivity index (χ0) is 20.5. The van der Waals surface area contributed by atoms with Crippen LogP contribution in [0.1, 0.15) is 28.4 Å². The molecule has 6 heteroatoms. The number of rotatable bonds is 7. The van der Waals surface area contributed by atoms with Gasteiger partial charge in [0.05, 0.1) is 6.54 Å². The Labute approximate surface area is 172 Å². The first-order valence-corrected chi connectivity index (χ1v) is 10.6. The van der Waals surface area contributed by atoms with Crippen molar-refractivity contribution in [3.05, 3.63) is 65.2 Å². The van der Waals surface area contributed by atoms with Crippen molar-refractivity contribution in [1.29, 1.82) is 0 Å². The summed E-state index contributed by atoms with van der Waals surface area (Å²) in [6.45, 7) is 4.23. The van der Waals surface area contributed by atoms with E-state index in [0.29, 0.717) is 12.1 Å². The maximum atomic E-state index is 12.0. The highest BCUT2D eigenvalue weighted by atomic mass is 32.2. The van der Waals surface area contributed by atoms with E-state index < -0.39 is 0 Å². The number of nitrogens with one attached hydrogen (secondary N) is 1. The topological polar surface area (TPSA) is 47.9 Å². The van der Waals surface area contributed by atoms with Crippen LogP contribution in [0.15, 0.2) is 58.4 Å². The summed E-state index contributed by atoms with van der Waals surface area (Å²) in [5.74, 6) is 0.875. The Morgan fingerprint density at radius 2 is 1.61 bits per heavy atom. The molecule has 0 saturated carbocycles. The van der Waals surface area contributed by atoms with Crippen LogP contribution in [-0.2, 0) is 13.1 Å². The van der Waals surface area contributed by atoms with Gasteiger partial charge in [-0.2, -0.15) is 0 Å². The van der Waals surface area contributed by atoms with E-state index in [0.717, 1.165) is 24.6 Å². The number of aliphatic imine (C=N–C) groups is 1. The Kier molecular flexibility index (Phi) is 8.39. The zero-order valence-corrected chi connectivity index (χ0v) is 18.2.